The van der Waals surface area contributed by atoms with E-state index in [1.165, 1.54) is 10.4 Å². The molecule has 2 N–H and O–H groups in total. The Labute approximate surface area is 121 Å². The van der Waals surface area contributed by atoms with Gasteiger partial charge in [0.05, 0.1) is 5.60 Å². The normalized spacial score (nSPS) is 19.1. The summed E-state index contributed by atoms with van der Waals surface area (Å²) in [5, 5.41) is 19.1. The largest absolute Gasteiger partial charge is 0.477 e. The molecule has 1 saturated heterocycles. The zero-order valence-electron chi connectivity index (χ0n) is 11.5. The molecule has 0 amide bonds. The molecule has 2 heterocycles. The van der Waals surface area contributed by atoms with Gasteiger partial charge in [0.2, 0.25) is 0 Å². The van der Waals surface area contributed by atoms with Crippen molar-refractivity contribution in [3.63, 3.8) is 0 Å². The van der Waals surface area contributed by atoms with E-state index in [2.05, 4.69) is 0 Å². The second-order valence-corrected chi connectivity index (χ2v) is 8.63. The van der Waals surface area contributed by atoms with Crippen molar-refractivity contribution in [2.24, 2.45) is 5.92 Å². The topological polar surface area (TPSA) is 94.9 Å². The van der Waals surface area contributed by atoms with Gasteiger partial charge in [-0.3, -0.25) is 0 Å². The number of aromatic carboxylic acids is 1. The number of aliphatic hydroxyl groups is 1. The Morgan fingerprint density at radius 2 is 2.00 bits per heavy atom. The fraction of sp³-hybridized carbons (Fsp3) is 0.583. The van der Waals surface area contributed by atoms with Crippen molar-refractivity contribution in [3.8, 4) is 0 Å². The van der Waals surface area contributed by atoms with Gasteiger partial charge >= 0.3 is 5.97 Å². The number of carboxylic acid groups (broad SMARTS) is 1. The SMILES string of the molecule is Cc1cc(S(=O)(=O)N2CC(O)(C(C)C)C2)sc1C(=O)O. The van der Waals surface area contributed by atoms with Crippen molar-refractivity contribution in [2.75, 3.05) is 13.1 Å². The molecule has 0 aliphatic carbocycles. The van der Waals surface area contributed by atoms with Gasteiger partial charge in [-0.15, -0.1) is 11.3 Å². The minimum Gasteiger partial charge on any atom is -0.477 e. The number of carboxylic acids is 1. The smallest absolute Gasteiger partial charge is 0.346 e. The third-order valence-electron chi connectivity index (χ3n) is 3.66. The van der Waals surface area contributed by atoms with Crippen LogP contribution in [0.15, 0.2) is 10.3 Å². The molecule has 2 rings (SSSR count). The van der Waals surface area contributed by atoms with E-state index in [9.17, 15) is 18.3 Å². The Bertz CT molecular complexity index is 641. The molecule has 112 valence electrons. The van der Waals surface area contributed by atoms with Crippen molar-refractivity contribution in [1.82, 2.24) is 4.31 Å². The first kappa shape index (κ1) is 15.4. The van der Waals surface area contributed by atoms with E-state index in [1.807, 2.05) is 13.8 Å². The van der Waals surface area contributed by atoms with E-state index in [-0.39, 0.29) is 28.1 Å². The quantitative estimate of drug-likeness (QED) is 0.868. The van der Waals surface area contributed by atoms with Crippen LogP contribution in [-0.4, -0.2) is 47.6 Å². The number of carbonyl (C=O) groups is 1. The summed E-state index contributed by atoms with van der Waals surface area (Å²) in [6.07, 6.45) is 0. The highest BCUT2D eigenvalue weighted by molar-refractivity contribution is 7.91. The summed E-state index contributed by atoms with van der Waals surface area (Å²) in [6, 6.07) is 1.37. The summed E-state index contributed by atoms with van der Waals surface area (Å²) in [7, 11) is -3.71. The van der Waals surface area contributed by atoms with Gasteiger partial charge in [-0.25, -0.2) is 13.2 Å². The number of nitrogens with zero attached hydrogens (tertiary/aromatic N) is 1. The summed E-state index contributed by atoms with van der Waals surface area (Å²) >= 11 is 0.750. The molecular weight excluding hydrogens is 302 g/mol. The lowest BCUT2D eigenvalue weighted by atomic mass is 9.85. The molecule has 6 nitrogen and oxygen atoms in total. The molecule has 0 aromatic carbocycles. The minimum atomic E-state index is -3.71. The highest BCUT2D eigenvalue weighted by Gasteiger charge is 2.49. The predicted molar refractivity (Wildman–Crippen MR) is 74.6 cm³/mol. The zero-order valence-corrected chi connectivity index (χ0v) is 13.1. The van der Waals surface area contributed by atoms with E-state index in [0.717, 1.165) is 11.3 Å². The summed E-state index contributed by atoms with van der Waals surface area (Å²) in [4.78, 5) is 11.0. The lowest BCUT2D eigenvalue weighted by Crippen LogP contribution is -2.65. The number of thiophene rings is 1. The van der Waals surface area contributed by atoms with Crippen LogP contribution in [0.3, 0.4) is 0 Å². The highest BCUT2D eigenvalue weighted by atomic mass is 32.2. The zero-order chi connectivity index (χ0) is 15.3. The Hall–Kier alpha value is -0.960. The fourth-order valence-corrected chi connectivity index (χ4v) is 5.12. The van der Waals surface area contributed by atoms with Gasteiger partial charge in [0, 0.05) is 13.1 Å². The number of aryl methyl sites for hydroxylation is 1. The molecule has 0 atom stereocenters. The molecule has 0 radical (unpaired) electrons. The van der Waals surface area contributed by atoms with E-state index in [0.29, 0.717) is 5.56 Å². The van der Waals surface area contributed by atoms with Crippen molar-refractivity contribution in [1.29, 1.82) is 0 Å². The highest BCUT2D eigenvalue weighted by Crippen LogP contribution is 2.36. The van der Waals surface area contributed by atoms with E-state index in [4.69, 9.17) is 5.11 Å². The molecule has 1 fully saturated rings. The standard InChI is InChI=1S/C12H17NO5S2/c1-7(2)12(16)5-13(6-12)20(17,18)9-4-8(3)10(19-9)11(14)15/h4,7,16H,5-6H2,1-3H3,(H,14,15). The second kappa shape index (κ2) is 4.80. The molecule has 0 unspecified atom stereocenters. The van der Waals surface area contributed by atoms with Crippen molar-refractivity contribution in [2.45, 2.75) is 30.6 Å². The first-order valence-electron chi connectivity index (χ1n) is 6.14. The first-order chi connectivity index (χ1) is 9.08. The monoisotopic (exact) mass is 319 g/mol. The Morgan fingerprint density at radius 3 is 2.40 bits per heavy atom. The molecule has 1 aromatic heterocycles. The molecule has 0 saturated carbocycles. The van der Waals surface area contributed by atoms with E-state index >= 15 is 0 Å². The van der Waals surface area contributed by atoms with Crippen LogP contribution in [0.4, 0.5) is 0 Å². The number of hydrogen-bond acceptors (Lipinski definition) is 5. The third kappa shape index (κ3) is 2.37. The maximum Gasteiger partial charge on any atom is 0.346 e. The Kier molecular flexibility index (Phi) is 3.70. The molecule has 1 aromatic rings. The van der Waals surface area contributed by atoms with Gasteiger partial charge in [-0.05, 0) is 24.5 Å². The summed E-state index contributed by atoms with van der Waals surface area (Å²) in [5.41, 5.74) is -0.560. The summed E-state index contributed by atoms with van der Waals surface area (Å²) in [5.74, 6) is -1.16. The molecule has 0 spiro atoms. The van der Waals surface area contributed by atoms with Gasteiger partial charge in [0.25, 0.3) is 10.0 Å². The summed E-state index contributed by atoms with van der Waals surface area (Å²) in [6.45, 7) is 5.34. The van der Waals surface area contributed by atoms with Gasteiger partial charge < -0.3 is 10.2 Å². The lowest BCUT2D eigenvalue weighted by Gasteiger charge is -2.47. The molecule has 1 aliphatic rings. The molecule has 1 aliphatic heterocycles. The van der Waals surface area contributed by atoms with Crippen LogP contribution in [-0.2, 0) is 10.0 Å². The average molecular weight is 319 g/mol. The molecular formula is C12H17NO5S2. The molecule has 0 bridgehead atoms. The lowest BCUT2D eigenvalue weighted by molar-refractivity contribution is -0.0931. The summed E-state index contributed by atoms with van der Waals surface area (Å²) < 4.78 is 25.9. The van der Waals surface area contributed by atoms with Crippen LogP contribution in [0.5, 0.6) is 0 Å². The van der Waals surface area contributed by atoms with Crippen LogP contribution in [0.2, 0.25) is 0 Å². The molecule has 8 heteroatoms. The van der Waals surface area contributed by atoms with E-state index < -0.39 is 21.6 Å². The Balaban J connectivity index is 2.25. The first-order valence-corrected chi connectivity index (χ1v) is 8.40. The Morgan fingerprint density at radius 1 is 1.45 bits per heavy atom. The molecule has 20 heavy (non-hydrogen) atoms. The fourth-order valence-electron chi connectivity index (χ4n) is 2.02. The number of sulfonamides is 1. The number of hydrogen-bond donors (Lipinski definition) is 2. The average Bonchev–Trinajstić information content (AvgIpc) is 2.67. The predicted octanol–water partition coefficient (Wildman–Crippen LogP) is 1.15. The number of β-amino-alcohol motifs (C(OH)–C–C–N with tert-alkyl or cyclic N) is 1. The van der Waals surface area contributed by atoms with Crippen LogP contribution < -0.4 is 0 Å². The van der Waals surface area contributed by atoms with Crippen molar-refractivity contribution in [3.05, 3.63) is 16.5 Å². The van der Waals surface area contributed by atoms with Crippen LogP contribution in [0.1, 0.15) is 29.1 Å². The van der Waals surface area contributed by atoms with Gasteiger partial charge in [0.1, 0.15) is 9.09 Å². The van der Waals surface area contributed by atoms with Crippen LogP contribution in [0, 0.1) is 12.8 Å². The second-order valence-electron chi connectivity index (χ2n) is 5.41. The van der Waals surface area contributed by atoms with Gasteiger partial charge in [-0.1, -0.05) is 13.8 Å². The van der Waals surface area contributed by atoms with Gasteiger partial charge in [-0.2, -0.15) is 4.31 Å². The van der Waals surface area contributed by atoms with Crippen LogP contribution >= 0.6 is 11.3 Å². The minimum absolute atomic E-state index is 0.0122. The van der Waals surface area contributed by atoms with E-state index in [1.54, 1.807) is 6.92 Å². The maximum atomic E-state index is 12.3. The van der Waals surface area contributed by atoms with Gasteiger partial charge in [0.15, 0.2) is 0 Å². The van der Waals surface area contributed by atoms with Crippen LogP contribution in [0.25, 0.3) is 0 Å². The van der Waals surface area contributed by atoms with Crippen molar-refractivity contribution >= 4 is 27.3 Å². The maximum absolute atomic E-state index is 12.3. The third-order valence-corrected chi connectivity index (χ3v) is 7.12. The van der Waals surface area contributed by atoms with Crippen molar-refractivity contribution < 1.29 is 23.4 Å². The number of rotatable bonds is 4.